The molecule has 0 saturated carbocycles. The molecule has 4 heterocycles. The molecule has 0 bridgehead atoms. The number of fused-ring (bicyclic) bond motifs is 1. The lowest BCUT2D eigenvalue weighted by Gasteiger charge is -2.26. The van der Waals surface area contributed by atoms with Crippen LogP contribution in [0.3, 0.4) is 0 Å². The van der Waals surface area contributed by atoms with Gasteiger partial charge < -0.3 is 19.8 Å². The first kappa shape index (κ1) is 20.2. The summed E-state index contributed by atoms with van der Waals surface area (Å²) < 4.78 is 40.3. The van der Waals surface area contributed by atoms with Crippen LogP contribution in [0.2, 0.25) is 0 Å². The maximum absolute atomic E-state index is 13.7. The maximum Gasteiger partial charge on any atom is 0.317 e. The molecule has 4 rings (SSSR count). The van der Waals surface area contributed by atoms with E-state index in [0.29, 0.717) is 35.4 Å². The molecule has 1 saturated heterocycles. The second-order valence-electron chi connectivity index (χ2n) is 7.20. The second kappa shape index (κ2) is 7.62. The number of aryl methyl sites for hydroxylation is 1. The van der Waals surface area contributed by atoms with Gasteiger partial charge in [0.15, 0.2) is 0 Å². The summed E-state index contributed by atoms with van der Waals surface area (Å²) in [5.74, 6) is 0.255. The first-order valence-electron chi connectivity index (χ1n) is 9.28. The highest BCUT2D eigenvalue weighted by Crippen LogP contribution is 2.38. The third kappa shape index (κ3) is 3.48. The van der Waals surface area contributed by atoms with Crippen LogP contribution in [0.15, 0.2) is 30.6 Å². The van der Waals surface area contributed by atoms with Crippen LogP contribution in [-0.2, 0) is 22.1 Å². The Morgan fingerprint density at radius 3 is 2.83 bits per heavy atom. The molecule has 0 radical (unpaired) electrons. The first-order valence-corrected chi connectivity index (χ1v) is 9.28. The van der Waals surface area contributed by atoms with Crippen LogP contribution < -0.4 is 11.1 Å². The number of anilines is 1. The minimum atomic E-state index is -2.68. The van der Waals surface area contributed by atoms with E-state index in [1.807, 2.05) is 11.6 Å². The number of nitrogens with one attached hydrogen (secondary N) is 1. The zero-order valence-corrected chi connectivity index (χ0v) is 16.5. The first-order chi connectivity index (χ1) is 14.3. The van der Waals surface area contributed by atoms with E-state index in [-0.39, 0.29) is 18.0 Å². The number of nitrogens with zero attached hydrogens (tertiary/aromatic N) is 3. The fraction of sp³-hybridized carbons (Fsp3) is 0.350. The molecule has 1 fully saturated rings. The molecule has 1 aliphatic rings. The van der Waals surface area contributed by atoms with Crippen molar-refractivity contribution in [2.45, 2.75) is 18.4 Å². The van der Waals surface area contributed by atoms with Crippen LogP contribution in [0.25, 0.3) is 22.2 Å². The van der Waals surface area contributed by atoms with Crippen LogP contribution in [0.5, 0.6) is 0 Å². The number of hydrogen-bond acceptors (Lipinski definition) is 5. The minimum absolute atomic E-state index is 0.153. The molecule has 3 aromatic rings. The van der Waals surface area contributed by atoms with Crippen molar-refractivity contribution in [2.24, 2.45) is 12.8 Å². The lowest BCUT2D eigenvalue weighted by Crippen LogP contribution is -2.30. The Morgan fingerprint density at radius 1 is 1.40 bits per heavy atom. The summed E-state index contributed by atoms with van der Waals surface area (Å²) in [5, 5.41) is 3.12. The molecular weight excluding hydrogens is 396 g/mol. The van der Waals surface area contributed by atoms with Crippen molar-refractivity contribution in [3.05, 3.63) is 41.9 Å². The molecule has 0 aliphatic carbocycles. The van der Waals surface area contributed by atoms with E-state index < -0.39 is 18.1 Å². The van der Waals surface area contributed by atoms with Gasteiger partial charge in [-0.3, -0.25) is 5.32 Å². The number of rotatable bonds is 5. The summed E-state index contributed by atoms with van der Waals surface area (Å²) in [6, 6.07) is 3.63. The Morgan fingerprint density at radius 2 is 2.20 bits per heavy atom. The molecule has 0 aromatic carbocycles. The third-order valence-electron chi connectivity index (χ3n) is 5.35. The Kier molecular flexibility index (Phi) is 5.12. The van der Waals surface area contributed by atoms with E-state index >= 15 is 0 Å². The van der Waals surface area contributed by atoms with Gasteiger partial charge in [-0.15, -0.1) is 0 Å². The van der Waals surface area contributed by atoms with Crippen LogP contribution in [0, 0.1) is 0 Å². The SMILES string of the molecule is COC1(c2cc(C(F)F)cc(-c3cn(C)c4cnc(NC(N)=O)cc34)n2)CCOC1. The zero-order valence-electron chi connectivity index (χ0n) is 16.5. The Balaban J connectivity index is 1.91. The van der Waals surface area contributed by atoms with Gasteiger partial charge in [0, 0.05) is 49.9 Å². The highest BCUT2D eigenvalue weighted by Gasteiger charge is 2.39. The van der Waals surface area contributed by atoms with Crippen LogP contribution in [0.4, 0.5) is 19.4 Å². The lowest BCUT2D eigenvalue weighted by molar-refractivity contribution is -0.0247. The highest BCUT2D eigenvalue weighted by molar-refractivity contribution is 5.98. The van der Waals surface area contributed by atoms with Crippen LogP contribution in [0.1, 0.15) is 24.1 Å². The predicted octanol–water partition coefficient (Wildman–Crippen LogP) is 3.33. The summed E-state index contributed by atoms with van der Waals surface area (Å²) >= 11 is 0. The number of hydrogen-bond donors (Lipinski definition) is 2. The molecule has 158 valence electrons. The number of alkyl halides is 2. The second-order valence-corrected chi connectivity index (χ2v) is 7.20. The van der Waals surface area contributed by atoms with Crippen molar-refractivity contribution in [3.8, 4) is 11.3 Å². The predicted molar refractivity (Wildman–Crippen MR) is 106 cm³/mol. The monoisotopic (exact) mass is 417 g/mol. The van der Waals surface area contributed by atoms with E-state index in [9.17, 15) is 13.6 Å². The van der Waals surface area contributed by atoms with Crippen molar-refractivity contribution in [2.75, 3.05) is 25.6 Å². The topological polar surface area (TPSA) is 104 Å². The molecule has 30 heavy (non-hydrogen) atoms. The normalized spacial score (nSPS) is 19.0. The summed E-state index contributed by atoms with van der Waals surface area (Å²) in [4.78, 5) is 20.0. The van der Waals surface area contributed by atoms with Gasteiger partial charge in [0.25, 0.3) is 6.43 Å². The number of carbonyl (C=O) groups excluding carboxylic acids is 1. The number of methoxy groups -OCH3 is 1. The van der Waals surface area contributed by atoms with Crippen molar-refractivity contribution in [1.82, 2.24) is 14.5 Å². The summed E-state index contributed by atoms with van der Waals surface area (Å²) in [6.07, 6.45) is 1.20. The van der Waals surface area contributed by atoms with Crippen molar-refractivity contribution < 1.29 is 23.0 Å². The smallest absolute Gasteiger partial charge is 0.317 e. The van der Waals surface area contributed by atoms with Gasteiger partial charge in [-0.1, -0.05) is 0 Å². The van der Waals surface area contributed by atoms with Gasteiger partial charge in [-0.2, -0.15) is 0 Å². The molecule has 3 N–H and O–H groups in total. The van der Waals surface area contributed by atoms with Crippen molar-refractivity contribution >= 4 is 22.8 Å². The van der Waals surface area contributed by atoms with Crippen molar-refractivity contribution in [3.63, 3.8) is 0 Å². The molecule has 2 amide bonds. The molecule has 1 atom stereocenters. The molecule has 1 aliphatic heterocycles. The number of ether oxygens (including phenoxy) is 2. The van der Waals surface area contributed by atoms with E-state index in [1.165, 1.54) is 19.2 Å². The van der Waals surface area contributed by atoms with Gasteiger partial charge in [0.2, 0.25) is 0 Å². The fourth-order valence-corrected chi connectivity index (χ4v) is 3.74. The van der Waals surface area contributed by atoms with Gasteiger partial charge in [-0.25, -0.2) is 23.5 Å². The van der Waals surface area contributed by atoms with Crippen LogP contribution >= 0.6 is 0 Å². The van der Waals surface area contributed by atoms with Crippen LogP contribution in [-0.4, -0.2) is 40.9 Å². The van der Waals surface area contributed by atoms with Gasteiger partial charge in [-0.05, 0) is 18.2 Å². The Bertz CT molecular complexity index is 1110. The number of nitrogens with two attached hydrogens (primary N) is 1. The number of urea groups is 1. The van der Waals surface area contributed by atoms with Gasteiger partial charge in [0.05, 0.1) is 29.7 Å². The highest BCUT2D eigenvalue weighted by atomic mass is 19.3. The maximum atomic E-state index is 13.7. The third-order valence-corrected chi connectivity index (χ3v) is 5.35. The molecular formula is C20H21F2N5O3. The fourth-order valence-electron chi connectivity index (χ4n) is 3.74. The van der Waals surface area contributed by atoms with Gasteiger partial charge >= 0.3 is 6.03 Å². The number of pyridine rings is 2. The van der Waals surface area contributed by atoms with Crippen molar-refractivity contribution in [1.29, 1.82) is 0 Å². The summed E-state index contributed by atoms with van der Waals surface area (Å²) in [7, 11) is 3.34. The quantitative estimate of drug-likeness (QED) is 0.663. The molecule has 1 unspecified atom stereocenters. The van der Waals surface area contributed by atoms with E-state index in [2.05, 4.69) is 15.3 Å². The number of halogens is 2. The number of amides is 2. The minimum Gasteiger partial charge on any atom is -0.378 e. The Labute approximate surface area is 171 Å². The number of carbonyl (C=O) groups is 1. The standard InChI is InChI=1S/C20H21F2N5O3/c1-27-9-13(12-7-17(26-19(23)28)24-8-15(12)27)14-5-11(18(21)22)6-16(25-14)20(29-2)3-4-30-10-20/h5-9,18H,3-4,10H2,1-2H3,(H3,23,24,26,28). The molecule has 10 heteroatoms. The summed E-state index contributed by atoms with van der Waals surface area (Å²) in [5.41, 5.74) is 6.29. The molecule has 3 aromatic heterocycles. The Hall–Kier alpha value is -3.11. The number of primary amides is 1. The number of aromatic nitrogens is 3. The van der Waals surface area contributed by atoms with E-state index in [4.69, 9.17) is 15.2 Å². The van der Waals surface area contributed by atoms with E-state index in [0.717, 1.165) is 5.52 Å². The average molecular weight is 417 g/mol. The van der Waals surface area contributed by atoms with Gasteiger partial charge in [0.1, 0.15) is 11.4 Å². The summed E-state index contributed by atoms with van der Waals surface area (Å²) in [6.45, 7) is 0.709. The lowest BCUT2D eigenvalue weighted by atomic mass is 9.95. The van der Waals surface area contributed by atoms with E-state index in [1.54, 1.807) is 18.5 Å². The molecule has 0 spiro atoms. The average Bonchev–Trinajstić information content (AvgIpc) is 3.33. The molecule has 8 nitrogen and oxygen atoms in total. The largest absolute Gasteiger partial charge is 0.378 e. The zero-order chi connectivity index (χ0) is 21.5.